The fourth-order valence-electron chi connectivity index (χ4n) is 3.14. The maximum atomic E-state index is 12.6. The molecule has 1 aliphatic heterocycles. The smallest absolute Gasteiger partial charge is 0.223 e. The van der Waals surface area contributed by atoms with Gasteiger partial charge in [-0.15, -0.1) is 12.4 Å². The van der Waals surface area contributed by atoms with Crippen molar-refractivity contribution in [2.24, 2.45) is 5.92 Å². The molecular formula is C18H27ClN2O. The molecule has 1 saturated heterocycles. The highest BCUT2D eigenvalue weighted by molar-refractivity contribution is 5.85. The van der Waals surface area contributed by atoms with Crippen LogP contribution in [-0.4, -0.2) is 29.9 Å². The van der Waals surface area contributed by atoms with Crippen molar-refractivity contribution in [2.45, 2.75) is 51.6 Å². The van der Waals surface area contributed by atoms with Gasteiger partial charge in [-0.25, -0.2) is 0 Å². The Morgan fingerprint density at radius 3 is 2.41 bits per heavy atom. The molecule has 2 fully saturated rings. The summed E-state index contributed by atoms with van der Waals surface area (Å²) in [7, 11) is 0. The third-order valence-electron chi connectivity index (χ3n) is 4.72. The fraction of sp³-hybridized carbons (Fsp3) is 0.611. The first-order chi connectivity index (χ1) is 10.3. The summed E-state index contributed by atoms with van der Waals surface area (Å²) in [5.74, 6) is 0.895. The van der Waals surface area contributed by atoms with Gasteiger partial charge in [0.25, 0.3) is 0 Å². The number of carbonyl (C=O) groups excluding carboxylic acids is 1. The van der Waals surface area contributed by atoms with Gasteiger partial charge in [0.05, 0.1) is 0 Å². The van der Waals surface area contributed by atoms with Crippen molar-refractivity contribution in [1.82, 2.24) is 10.2 Å². The minimum absolute atomic E-state index is 0. The molecule has 22 heavy (non-hydrogen) atoms. The fourth-order valence-corrected chi connectivity index (χ4v) is 3.14. The Hall–Kier alpha value is -1.06. The zero-order valence-electron chi connectivity index (χ0n) is 13.4. The van der Waals surface area contributed by atoms with Crippen LogP contribution in [0.2, 0.25) is 0 Å². The van der Waals surface area contributed by atoms with E-state index in [1.165, 1.54) is 24.0 Å². The summed E-state index contributed by atoms with van der Waals surface area (Å²) in [6.07, 6.45) is 5.30. The van der Waals surface area contributed by atoms with Crippen LogP contribution in [0.1, 0.15) is 43.7 Å². The van der Waals surface area contributed by atoms with Gasteiger partial charge in [0.15, 0.2) is 0 Å². The number of hydrogen-bond acceptors (Lipinski definition) is 2. The number of halogens is 1. The molecule has 1 unspecified atom stereocenters. The molecule has 0 bridgehead atoms. The van der Waals surface area contributed by atoms with Gasteiger partial charge < -0.3 is 10.2 Å². The van der Waals surface area contributed by atoms with E-state index in [1.807, 2.05) is 0 Å². The second kappa shape index (κ2) is 7.98. The predicted molar refractivity (Wildman–Crippen MR) is 92.2 cm³/mol. The van der Waals surface area contributed by atoms with Gasteiger partial charge in [-0.2, -0.15) is 0 Å². The standard InChI is InChI=1S/C18H26N2O.ClH/c1-2-14-3-5-15(6-4-14)13-20(17-7-8-17)18(21)11-16-9-10-19-12-16;/h3-6,16-17,19H,2,7-13H2,1H3;1H. The average molecular weight is 323 g/mol. The first-order valence-corrected chi connectivity index (χ1v) is 8.34. The first kappa shape index (κ1) is 17.3. The lowest BCUT2D eigenvalue weighted by Crippen LogP contribution is -2.34. The van der Waals surface area contributed by atoms with Crippen molar-refractivity contribution in [2.75, 3.05) is 13.1 Å². The van der Waals surface area contributed by atoms with Gasteiger partial charge >= 0.3 is 0 Å². The maximum Gasteiger partial charge on any atom is 0.223 e. The summed E-state index contributed by atoms with van der Waals surface area (Å²) < 4.78 is 0. The molecule has 0 spiro atoms. The number of rotatable bonds is 6. The normalized spacial score (nSPS) is 20.5. The molecule has 1 amide bonds. The number of amides is 1. The predicted octanol–water partition coefficient (Wildman–Crippen LogP) is 3.16. The van der Waals surface area contributed by atoms with E-state index in [1.54, 1.807) is 0 Å². The van der Waals surface area contributed by atoms with E-state index in [4.69, 9.17) is 0 Å². The van der Waals surface area contributed by atoms with E-state index in [0.29, 0.717) is 17.9 Å². The molecule has 0 radical (unpaired) electrons. The Kier molecular flexibility index (Phi) is 6.27. The lowest BCUT2D eigenvalue weighted by molar-refractivity contribution is -0.133. The molecule has 1 saturated carbocycles. The summed E-state index contributed by atoms with van der Waals surface area (Å²) in [6, 6.07) is 9.23. The van der Waals surface area contributed by atoms with Crippen LogP contribution in [0.5, 0.6) is 0 Å². The summed E-state index contributed by atoms with van der Waals surface area (Å²) in [4.78, 5) is 14.7. The van der Waals surface area contributed by atoms with E-state index >= 15 is 0 Å². The maximum absolute atomic E-state index is 12.6. The Morgan fingerprint density at radius 1 is 1.18 bits per heavy atom. The minimum atomic E-state index is 0. The van der Waals surface area contributed by atoms with Crippen LogP contribution in [0.4, 0.5) is 0 Å². The zero-order valence-corrected chi connectivity index (χ0v) is 14.2. The molecule has 3 rings (SSSR count). The molecule has 1 aromatic carbocycles. The van der Waals surface area contributed by atoms with Crippen molar-refractivity contribution in [3.05, 3.63) is 35.4 Å². The van der Waals surface area contributed by atoms with Gasteiger partial charge in [-0.05, 0) is 55.8 Å². The number of aryl methyl sites for hydroxylation is 1. The van der Waals surface area contributed by atoms with Gasteiger partial charge in [0, 0.05) is 19.0 Å². The number of hydrogen-bond donors (Lipinski definition) is 1. The van der Waals surface area contributed by atoms with Crippen molar-refractivity contribution in [3.63, 3.8) is 0 Å². The quantitative estimate of drug-likeness (QED) is 0.872. The van der Waals surface area contributed by atoms with Crippen LogP contribution >= 0.6 is 12.4 Å². The van der Waals surface area contributed by atoms with Crippen LogP contribution in [0.15, 0.2) is 24.3 Å². The van der Waals surface area contributed by atoms with Crippen molar-refractivity contribution in [3.8, 4) is 0 Å². The van der Waals surface area contributed by atoms with Crippen LogP contribution in [0.3, 0.4) is 0 Å². The summed E-state index contributed by atoms with van der Waals surface area (Å²) >= 11 is 0. The first-order valence-electron chi connectivity index (χ1n) is 8.34. The highest BCUT2D eigenvalue weighted by Gasteiger charge is 2.33. The van der Waals surface area contributed by atoms with Crippen LogP contribution in [-0.2, 0) is 17.8 Å². The van der Waals surface area contributed by atoms with E-state index < -0.39 is 0 Å². The van der Waals surface area contributed by atoms with Gasteiger partial charge in [-0.3, -0.25) is 4.79 Å². The van der Waals surface area contributed by atoms with Gasteiger partial charge in [0.2, 0.25) is 5.91 Å². The number of carbonyl (C=O) groups is 1. The molecule has 2 aliphatic rings. The summed E-state index contributed by atoms with van der Waals surface area (Å²) in [5.41, 5.74) is 2.62. The topological polar surface area (TPSA) is 32.3 Å². The van der Waals surface area contributed by atoms with E-state index in [2.05, 4.69) is 41.4 Å². The Labute approximate surface area is 139 Å². The minimum Gasteiger partial charge on any atom is -0.335 e. The van der Waals surface area contributed by atoms with Crippen LogP contribution in [0, 0.1) is 5.92 Å². The molecule has 1 aromatic rings. The lowest BCUT2D eigenvalue weighted by atomic mass is 10.0. The average Bonchev–Trinajstić information content (AvgIpc) is 3.22. The molecule has 0 aromatic heterocycles. The molecule has 1 atom stereocenters. The van der Waals surface area contributed by atoms with Crippen molar-refractivity contribution >= 4 is 18.3 Å². The van der Waals surface area contributed by atoms with Gasteiger partial charge in [-0.1, -0.05) is 31.2 Å². The third-order valence-corrected chi connectivity index (χ3v) is 4.72. The highest BCUT2D eigenvalue weighted by atomic mass is 35.5. The molecule has 4 heteroatoms. The van der Waals surface area contributed by atoms with E-state index in [-0.39, 0.29) is 12.4 Å². The molecular weight excluding hydrogens is 296 g/mol. The second-order valence-electron chi connectivity index (χ2n) is 6.49. The van der Waals surface area contributed by atoms with Crippen LogP contribution < -0.4 is 5.32 Å². The molecule has 1 N–H and O–H groups in total. The lowest BCUT2D eigenvalue weighted by Gasteiger charge is -2.24. The monoisotopic (exact) mass is 322 g/mol. The zero-order chi connectivity index (χ0) is 14.7. The number of nitrogens with zero attached hydrogens (tertiary/aromatic N) is 1. The summed E-state index contributed by atoms with van der Waals surface area (Å²) in [5, 5.41) is 3.35. The van der Waals surface area contributed by atoms with Gasteiger partial charge in [0.1, 0.15) is 0 Å². The highest BCUT2D eigenvalue weighted by Crippen LogP contribution is 2.30. The molecule has 3 nitrogen and oxygen atoms in total. The third kappa shape index (κ3) is 4.47. The van der Waals surface area contributed by atoms with Crippen molar-refractivity contribution < 1.29 is 4.79 Å². The van der Waals surface area contributed by atoms with E-state index in [0.717, 1.165) is 38.9 Å². The second-order valence-corrected chi connectivity index (χ2v) is 6.49. The molecule has 1 aliphatic carbocycles. The van der Waals surface area contributed by atoms with Crippen LogP contribution in [0.25, 0.3) is 0 Å². The number of nitrogens with one attached hydrogen (secondary N) is 1. The number of benzene rings is 1. The Bertz CT molecular complexity index is 478. The molecule has 1 heterocycles. The molecule has 122 valence electrons. The Balaban J connectivity index is 0.00000176. The largest absolute Gasteiger partial charge is 0.335 e. The SMILES string of the molecule is CCc1ccc(CN(C(=O)CC2CCNC2)C2CC2)cc1.Cl. The summed E-state index contributed by atoms with van der Waals surface area (Å²) in [6.45, 7) is 5.04. The van der Waals surface area contributed by atoms with E-state index in [9.17, 15) is 4.79 Å². The van der Waals surface area contributed by atoms with Crippen molar-refractivity contribution in [1.29, 1.82) is 0 Å². The Morgan fingerprint density at radius 2 is 1.86 bits per heavy atom.